The molecule has 2 aromatic rings. The fourth-order valence-corrected chi connectivity index (χ4v) is 2.74. The van der Waals surface area contributed by atoms with Gasteiger partial charge >= 0.3 is 0 Å². The average molecular weight is 327 g/mol. The van der Waals surface area contributed by atoms with Crippen LogP contribution in [0.1, 0.15) is 16.5 Å². The molecule has 0 aliphatic rings. The number of benzene rings is 1. The van der Waals surface area contributed by atoms with Gasteiger partial charge in [0.25, 0.3) is 0 Å². The van der Waals surface area contributed by atoms with Crippen molar-refractivity contribution in [3.63, 3.8) is 0 Å². The fourth-order valence-electron chi connectivity index (χ4n) is 1.72. The molecule has 94 valence electrons. The number of nitrogens with zero attached hydrogens (tertiary/aromatic N) is 1. The lowest BCUT2D eigenvalue weighted by Crippen LogP contribution is -1.98. The van der Waals surface area contributed by atoms with E-state index >= 15 is 0 Å². The highest BCUT2D eigenvalue weighted by atomic mass is 79.9. The number of hydrogen-bond donors (Lipinski definition) is 0. The highest BCUT2D eigenvalue weighted by Gasteiger charge is 2.13. The Bertz CT molecular complexity index is 518. The Morgan fingerprint density at radius 2 is 2.00 bits per heavy atom. The summed E-state index contributed by atoms with van der Waals surface area (Å²) in [5.74, 6) is 0.813. The van der Waals surface area contributed by atoms with Crippen LogP contribution in [0, 0.1) is 0 Å². The molecule has 0 spiro atoms. The van der Waals surface area contributed by atoms with Gasteiger partial charge < -0.3 is 4.74 Å². The SMILES string of the molecule is COc1ccc(Br)c(C(Cl)Cc2ccncc2)c1. The minimum Gasteiger partial charge on any atom is -0.497 e. The summed E-state index contributed by atoms with van der Waals surface area (Å²) in [6, 6.07) is 9.77. The molecule has 1 heterocycles. The topological polar surface area (TPSA) is 22.1 Å². The van der Waals surface area contributed by atoms with E-state index < -0.39 is 0 Å². The Hall–Kier alpha value is -1.06. The summed E-state index contributed by atoms with van der Waals surface area (Å²) in [6.45, 7) is 0. The van der Waals surface area contributed by atoms with Crippen LogP contribution in [0.15, 0.2) is 47.2 Å². The molecular weight excluding hydrogens is 314 g/mol. The third-order valence-corrected chi connectivity index (χ3v) is 3.82. The summed E-state index contributed by atoms with van der Waals surface area (Å²) in [6.07, 6.45) is 4.31. The largest absolute Gasteiger partial charge is 0.497 e. The second kappa shape index (κ2) is 6.21. The number of hydrogen-bond acceptors (Lipinski definition) is 2. The van der Waals surface area contributed by atoms with E-state index in [2.05, 4.69) is 20.9 Å². The van der Waals surface area contributed by atoms with E-state index in [1.165, 1.54) is 5.56 Å². The van der Waals surface area contributed by atoms with Crippen LogP contribution < -0.4 is 4.74 Å². The molecule has 0 amide bonds. The summed E-state index contributed by atoms with van der Waals surface area (Å²) in [4.78, 5) is 4.00. The molecule has 0 saturated carbocycles. The molecule has 0 bridgehead atoms. The number of ether oxygens (including phenoxy) is 1. The molecule has 18 heavy (non-hydrogen) atoms. The minimum atomic E-state index is -0.100. The first-order chi connectivity index (χ1) is 8.70. The van der Waals surface area contributed by atoms with Crippen LogP contribution in [-0.2, 0) is 6.42 Å². The molecular formula is C14H13BrClNO. The summed E-state index contributed by atoms with van der Waals surface area (Å²) < 4.78 is 6.22. The highest BCUT2D eigenvalue weighted by Crippen LogP contribution is 2.33. The molecule has 1 aromatic heterocycles. The van der Waals surface area contributed by atoms with Crippen LogP contribution in [0.25, 0.3) is 0 Å². The van der Waals surface area contributed by atoms with E-state index in [4.69, 9.17) is 16.3 Å². The summed E-state index contributed by atoms with van der Waals surface area (Å²) in [7, 11) is 1.65. The van der Waals surface area contributed by atoms with Gasteiger partial charge in [-0.25, -0.2) is 0 Å². The molecule has 0 radical (unpaired) electrons. The van der Waals surface area contributed by atoms with E-state index in [1.807, 2.05) is 30.3 Å². The van der Waals surface area contributed by atoms with E-state index in [9.17, 15) is 0 Å². The zero-order valence-electron chi connectivity index (χ0n) is 9.94. The Kier molecular flexibility index (Phi) is 4.61. The molecule has 0 fully saturated rings. The number of halogens is 2. The Balaban J connectivity index is 2.20. The number of pyridine rings is 1. The molecule has 2 nitrogen and oxygen atoms in total. The van der Waals surface area contributed by atoms with Gasteiger partial charge in [0.1, 0.15) is 5.75 Å². The van der Waals surface area contributed by atoms with Crippen LogP contribution in [0.3, 0.4) is 0 Å². The van der Waals surface area contributed by atoms with Gasteiger partial charge in [-0.3, -0.25) is 4.98 Å². The summed E-state index contributed by atoms with van der Waals surface area (Å²) in [5, 5.41) is -0.100. The summed E-state index contributed by atoms with van der Waals surface area (Å²) in [5.41, 5.74) is 2.20. The van der Waals surface area contributed by atoms with Gasteiger partial charge in [0.15, 0.2) is 0 Å². The van der Waals surface area contributed by atoms with Crippen molar-refractivity contribution >= 4 is 27.5 Å². The molecule has 4 heteroatoms. The average Bonchev–Trinajstić information content (AvgIpc) is 2.40. The van der Waals surface area contributed by atoms with Crippen molar-refractivity contribution in [2.75, 3.05) is 7.11 Å². The maximum absolute atomic E-state index is 6.47. The third kappa shape index (κ3) is 3.24. The normalized spacial score (nSPS) is 12.2. The van der Waals surface area contributed by atoms with Gasteiger partial charge in [-0.2, -0.15) is 0 Å². The lowest BCUT2D eigenvalue weighted by Gasteiger charge is -2.13. The Morgan fingerprint density at radius 3 is 2.67 bits per heavy atom. The predicted molar refractivity (Wildman–Crippen MR) is 77.2 cm³/mol. The van der Waals surface area contributed by atoms with Gasteiger partial charge in [-0.15, -0.1) is 11.6 Å². The van der Waals surface area contributed by atoms with Crippen LogP contribution in [0.5, 0.6) is 5.75 Å². The van der Waals surface area contributed by atoms with E-state index in [0.717, 1.165) is 22.2 Å². The second-order valence-corrected chi connectivity index (χ2v) is 5.30. The third-order valence-electron chi connectivity index (χ3n) is 2.70. The molecule has 1 aromatic carbocycles. The smallest absolute Gasteiger partial charge is 0.119 e. The standard InChI is InChI=1S/C14H13BrClNO/c1-18-11-2-3-13(15)12(9-11)14(16)8-10-4-6-17-7-5-10/h2-7,9,14H,8H2,1H3. The highest BCUT2D eigenvalue weighted by molar-refractivity contribution is 9.10. The lowest BCUT2D eigenvalue weighted by atomic mass is 10.0. The van der Waals surface area contributed by atoms with Gasteiger partial charge in [0.2, 0.25) is 0 Å². The van der Waals surface area contributed by atoms with Crippen LogP contribution >= 0.6 is 27.5 Å². The van der Waals surface area contributed by atoms with Crippen LogP contribution in [-0.4, -0.2) is 12.1 Å². The summed E-state index contributed by atoms with van der Waals surface area (Å²) >= 11 is 9.99. The van der Waals surface area contributed by atoms with Crippen molar-refractivity contribution in [3.05, 3.63) is 58.3 Å². The van der Waals surface area contributed by atoms with E-state index in [1.54, 1.807) is 19.5 Å². The molecule has 0 N–H and O–H groups in total. The zero-order valence-corrected chi connectivity index (χ0v) is 12.3. The maximum atomic E-state index is 6.47. The van der Waals surface area contributed by atoms with E-state index in [-0.39, 0.29) is 5.38 Å². The fraction of sp³-hybridized carbons (Fsp3) is 0.214. The molecule has 1 unspecified atom stereocenters. The number of methoxy groups -OCH3 is 1. The van der Waals surface area contributed by atoms with Crippen molar-refractivity contribution < 1.29 is 4.74 Å². The van der Waals surface area contributed by atoms with Crippen molar-refractivity contribution in [2.24, 2.45) is 0 Å². The number of aromatic nitrogens is 1. The lowest BCUT2D eigenvalue weighted by molar-refractivity contribution is 0.414. The first-order valence-corrected chi connectivity index (χ1v) is 6.80. The van der Waals surface area contributed by atoms with Crippen molar-refractivity contribution in [3.8, 4) is 5.75 Å². The van der Waals surface area contributed by atoms with Crippen LogP contribution in [0.4, 0.5) is 0 Å². The minimum absolute atomic E-state index is 0.100. The molecule has 0 aliphatic carbocycles. The van der Waals surface area contributed by atoms with E-state index in [0.29, 0.717) is 0 Å². The van der Waals surface area contributed by atoms with Crippen molar-refractivity contribution in [1.29, 1.82) is 0 Å². The Labute approximate surface area is 120 Å². The van der Waals surface area contributed by atoms with Gasteiger partial charge in [-0.05, 0) is 47.9 Å². The van der Waals surface area contributed by atoms with Crippen molar-refractivity contribution in [1.82, 2.24) is 4.98 Å². The quantitative estimate of drug-likeness (QED) is 0.778. The first-order valence-electron chi connectivity index (χ1n) is 5.57. The van der Waals surface area contributed by atoms with Crippen molar-refractivity contribution in [2.45, 2.75) is 11.8 Å². The predicted octanol–water partition coefficient (Wildman–Crippen LogP) is 4.38. The molecule has 2 rings (SSSR count). The molecule has 0 aliphatic heterocycles. The first kappa shape index (κ1) is 13.4. The van der Waals surface area contributed by atoms with Gasteiger partial charge in [-0.1, -0.05) is 15.9 Å². The van der Waals surface area contributed by atoms with Crippen LogP contribution in [0.2, 0.25) is 0 Å². The number of alkyl halides is 1. The molecule has 1 atom stereocenters. The second-order valence-electron chi connectivity index (χ2n) is 3.91. The maximum Gasteiger partial charge on any atom is 0.119 e. The Morgan fingerprint density at radius 1 is 1.28 bits per heavy atom. The monoisotopic (exact) mass is 325 g/mol. The molecule has 0 saturated heterocycles. The van der Waals surface area contributed by atoms with Gasteiger partial charge in [0.05, 0.1) is 12.5 Å². The van der Waals surface area contributed by atoms with Gasteiger partial charge in [0, 0.05) is 16.9 Å². The zero-order chi connectivity index (χ0) is 13.0. The number of rotatable bonds is 4.